The minimum atomic E-state index is -1.11. The number of hydrogen-bond acceptors (Lipinski definition) is 5. The van der Waals surface area contributed by atoms with Gasteiger partial charge in [-0.3, -0.25) is 0 Å². The van der Waals surface area contributed by atoms with Crippen LogP contribution in [0, 0.1) is 0 Å². The van der Waals surface area contributed by atoms with Gasteiger partial charge in [0.2, 0.25) is 0 Å². The lowest BCUT2D eigenvalue weighted by atomic mass is 10.1. The highest BCUT2D eigenvalue weighted by molar-refractivity contribution is 5.79. The first-order chi connectivity index (χ1) is 13.0. The fraction of sp³-hybridized carbons (Fsp3) is 0.526. The molecule has 0 aromatic heterocycles. The number of alkyl carbamates (subject to hydrolysis) is 2. The third-order valence-corrected chi connectivity index (χ3v) is 3.72. The molecule has 0 radical (unpaired) electrons. The monoisotopic (exact) mass is 380 g/mol. The van der Waals surface area contributed by atoms with E-state index in [1.807, 2.05) is 37.3 Å². The van der Waals surface area contributed by atoms with E-state index in [0.29, 0.717) is 19.4 Å². The summed E-state index contributed by atoms with van der Waals surface area (Å²) >= 11 is 0. The number of carbonyl (C=O) groups excluding carboxylic acids is 2. The predicted molar refractivity (Wildman–Crippen MR) is 99.3 cm³/mol. The Labute approximate surface area is 159 Å². The van der Waals surface area contributed by atoms with Gasteiger partial charge in [0.05, 0.1) is 6.61 Å². The average Bonchev–Trinajstić information content (AvgIpc) is 2.66. The van der Waals surface area contributed by atoms with E-state index in [2.05, 4.69) is 10.6 Å². The quantitative estimate of drug-likeness (QED) is 0.480. The molecule has 3 N–H and O–H groups in total. The number of ether oxygens (including phenoxy) is 2. The summed E-state index contributed by atoms with van der Waals surface area (Å²) in [5.41, 5.74) is 0.897. The molecule has 0 saturated heterocycles. The van der Waals surface area contributed by atoms with Crippen LogP contribution in [-0.4, -0.2) is 42.5 Å². The Morgan fingerprint density at radius 1 is 1.04 bits per heavy atom. The fourth-order valence-electron chi connectivity index (χ4n) is 2.19. The smallest absolute Gasteiger partial charge is 0.407 e. The first kappa shape index (κ1) is 22.3. The standard InChI is InChI=1S/C19H28N2O6/c1-2-3-13-26-19(25)21-16(17(22)23)11-7-8-12-20-18(24)27-14-15-9-5-4-6-10-15/h4-6,9-10,16H,2-3,7-8,11-14H2,1H3,(H,20,24)(H,21,25)(H,22,23). The van der Waals surface area contributed by atoms with Gasteiger partial charge in [-0.1, -0.05) is 43.7 Å². The Kier molecular flexibility index (Phi) is 11.1. The second kappa shape index (κ2) is 13.4. The second-order valence-electron chi connectivity index (χ2n) is 6.01. The predicted octanol–water partition coefficient (Wildman–Crippen LogP) is 3.06. The van der Waals surface area contributed by atoms with Crippen LogP contribution >= 0.6 is 0 Å². The summed E-state index contributed by atoms with van der Waals surface area (Å²) in [7, 11) is 0. The molecule has 0 heterocycles. The highest BCUT2D eigenvalue weighted by Gasteiger charge is 2.20. The molecule has 1 unspecified atom stereocenters. The van der Waals surface area contributed by atoms with E-state index in [0.717, 1.165) is 18.4 Å². The number of rotatable bonds is 12. The molecule has 0 aliphatic rings. The van der Waals surface area contributed by atoms with E-state index in [1.54, 1.807) is 0 Å². The number of nitrogens with one attached hydrogen (secondary N) is 2. The number of carbonyl (C=O) groups is 3. The maximum absolute atomic E-state index is 11.6. The fourth-order valence-corrected chi connectivity index (χ4v) is 2.19. The first-order valence-corrected chi connectivity index (χ1v) is 9.13. The number of amides is 2. The van der Waals surface area contributed by atoms with Gasteiger partial charge in [-0.15, -0.1) is 0 Å². The number of unbranched alkanes of at least 4 members (excludes halogenated alkanes) is 2. The zero-order valence-electron chi connectivity index (χ0n) is 15.6. The van der Waals surface area contributed by atoms with E-state index in [-0.39, 0.29) is 19.6 Å². The van der Waals surface area contributed by atoms with Crippen LogP contribution in [0.3, 0.4) is 0 Å². The molecule has 2 amide bonds. The average molecular weight is 380 g/mol. The van der Waals surface area contributed by atoms with Gasteiger partial charge in [0.1, 0.15) is 12.6 Å². The molecule has 0 saturated carbocycles. The zero-order valence-corrected chi connectivity index (χ0v) is 15.6. The van der Waals surface area contributed by atoms with Gasteiger partial charge in [0.25, 0.3) is 0 Å². The summed E-state index contributed by atoms with van der Waals surface area (Å²) in [6.07, 6.45) is 1.71. The second-order valence-corrected chi connectivity index (χ2v) is 6.01. The van der Waals surface area contributed by atoms with Crippen molar-refractivity contribution in [3.63, 3.8) is 0 Å². The Morgan fingerprint density at radius 3 is 2.44 bits per heavy atom. The summed E-state index contributed by atoms with van der Waals surface area (Å²) < 4.78 is 9.97. The molecule has 27 heavy (non-hydrogen) atoms. The molecule has 1 rings (SSSR count). The number of carboxylic acids is 1. The van der Waals surface area contributed by atoms with Crippen molar-refractivity contribution in [2.24, 2.45) is 0 Å². The number of hydrogen-bond donors (Lipinski definition) is 3. The van der Waals surface area contributed by atoms with Crippen LogP contribution in [0.15, 0.2) is 30.3 Å². The van der Waals surface area contributed by atoms with Gasteiger partial charge in [0, 0.05) is 6.54 Å². The van der Waals surface area contributed by atoms with Crippen LogP contribution in [-0.2, 0) is 20.9 Å². The topological polar surface area (TPSA) is 114 Å². The Bertz CT molecular complexity index is 579. The highest BCUT2D eigenvalue weighted by Crippen LogP contribution is 2.03. The normalized spacial score (nSPS) is 11.3. The summed E-state index contributed by atoms with van der Waals surface area (Å²) in [5.74, 6) is -1.11. The Morgan fingerprint density at radius 2 is 1.78 bits per heavy atom. The van der Waals surface area contributed by atoms with Crippen molar-refractivity contribution in [1.82, 2.24) is 10.6 Å². The molecule has 0 aliphatic heterocycles. The lowest BCUT2D eigenvalue weighted by Crippen LogP contribution is -2.41. The summed E-state index contributed by atoms with van der Waals surface area (Å²) in [4.78, 5) is 34.3. The van der Waals surface area contributed by atoms with Crippen molar-refractivity contribution in [3.05, 3.63) is 35.9 Å². The highest BCUT2D eigenvalue weighted by atomic mass is 16.6. The van der Waals surface area contributed by atoms with E-state index in [9.17, 15) is 14.4 Å². The van der Waals surface area contributed by atoms with Gasteiger partial charge in [-0.25, -0.2) is 14.4 Å². The van der Waals surface area contributed by atoms with Gasteiger partial charge in [-0.2, -0.15) is 0 Å². The van der Waals surface area contributed by atoms with Gasteiger partial charge < -0.3 is 25.2 Å². The summed E-state index contributed by atoms with van der Waals surface area (Å²) in [5, 5.41) is 14.1. The molecular formula is C19H28N2O6. The van der Waals surface area contributed by atoms with E-state index in [4.69, 9.17) is 14.6 Å². The molecule has 0 bridgehead atoms. The summed E-state index contributed by atoms with van der Waals surface area (Å²) in [6, 6.07) is 8.32. The molecule has 0 aliphatic carbocycles. The molecular weight excluding hydrogens is 352 g/mol. The van der Waals surface area contributed by atoms with E-state index >= 15 is 0 Å². The van der Waals surface area contributed by atoms with Crippen molar-refractivity contribution in [3.8, 4) is 0 Å². The Hall–Kier alpha value is -2.77. The minimum absolute atomic E-state index is 0.192. The third kappa shape index (κ3) is 10.7. The third-order valence-electron chi connectivity index (χ3n) is 3.72. The number of carboxylic acid groups (broad SMARTS) is 1. The van der Waals surface area contributed by atoms with E-state index < -0.39 is 24.2 Å². The molecule has 8 heteroatoms. The van der Waals surface area contributed by atoms with Crippen LogP contribution in [0.25, 0.3) is 0 Å². The lowest BCUT2D eigenvalue weighted by molar-refractivity contribution is -0.139. The van der Waals surface area contributed by atoms with Gasteiger partial charge in [-0.05, 0) is 31.2 Å². The summed E-state index contributed by atoms with van der Waals surface area (Å²) in [6.45, 7) is 2.79. The van der Waals surface area contributed by atoms with Crippen molar-refractivity contribution in [1.29, 1.82) is 0 Å². The van der Waals surface area contributed by atoms with Crippen molar-refractivity contribution >= 4 is 18.2 Å². The minimum Gasteiger partial charge on any atom is -0.480 e. The van der Waals surface area contributed by atoms with Crippen LogP contribution in [0.5, 0.6) is 0 Å². The zero-order chi connectivity index (χ0) is 19.9. The lowest BCUT2D eigenvalue weighted by Gasteiger charge is -2.14. The maximum Gasteiger partial charge on any atom is 0.407 e. The van der Waals surface area contributed by atoms with Gasteiger partial charge in [0.15, 0.2) is 0 Å². The van der Waals surface area contributed by atoms with Crippen molar-refractivity contribution in [2.45, 2.75) is 51.7 Å². The molecule has 8 nitrogen and oxygen atoms in total. The van der Waals surface area contributed by atoms with Crippen LogP contribution < -0.4 is 10.6 Å². The number of benzene rings is 1. The SMILES string of the molecule is CCCCOC(=O)NC(CCCCNC(=O)OCc1ccccc1)C(=O)O. The molecule has 1 atom stereocenters. The number of aliphatic carboxylic acids is 1. The molecule has 1 aromatic carbocycles. The largest absolute Gasteiger partial charge is 0.480 e. The van der Waals surface area contributed by atoms with Gasteiger partial charge >= 0.3 is 18.2 Å². The van der Waals surface area contributed by atoms with Crippen molar-refractivity contribution < 1.29 is 29.0 Å². The molecule has 1 aromatic rings. The maximum atomic E-state index is 11.6. The Balaban J connectivity index is 2.15. The van der Waals surface area contributed by atoms with Crippen LogP contribution in [0.2, 0.25) is 0 Å². The molecule has 0 spiro atoms. The molecule has 150 valence electrons. The van der Waals surface area contributed by atoms with E-state index in [1.165, 1.54) is 0 Å². The van der Waals surface area contributed by atoms with Crippen molar-refractivity contribution in [2.75, 3.05) is 13.2 Å². The molecule has 0 fully saturated rings. The first-order valence-electron chi connectivity index (χ1n) is 9.13. The van der Waals surface area contributed by atoms with Crippen LogP contribution in [0.1, 0.15) is 44.6 Å². The van der Waals surface area contributed by atoms with Crippen LogP contribution in [0.4, 0.5) is 9.59 Å².